The van der Waals surface area contributed by atoms with Gasteiger partial charge in [-0.25, -0.2) is 0 Å². The van der Waals surface area contributed by atoms with E-state index in [9.17, 15) is 4.79 Å². The van der Waals surface area contributed by atoms with Crippen LogP contribution in [0.3, 0.4) is 0 Å². The van der Waals surface area contributed by atoms with Gasteiger partial charge in [-0.2, -0.15) is 5.10 Å². The van der Waals surface area contributed by atoms with Crippen molar-refractivity contribution < 1.29 is 9.53 Å². The van der Waals surface area contributed by atoms with Gasteiger partial charge in [-0.05, 0) is 36.8 Å². The first-order valence-electron chi connectivity index (χ1n) is 9.02. The van der Waals surface area contributed by atoms with Crippen molar-refractivity contribution in [3.05, 3.63) is 24.4 Å². The predicted molar refractivity (Wildman–Crippen MR) is 92.9 cm³/mol. The van der Waals surface area contributed by atoms with E-state index >= 15 is 0 Å². The van der Waals surface area contributed by atoms with E-state index in [0.717, 1.165) is 35.7 Å². The number of likely N-dealkylation sites (tertiary alicyclic amines) is 1. The summed E-state index contributed by atoms with van der Waals surface area (Å²) in [7, 11) is 1.65. The predicted octanol–water partition coefficient (Wildman–Crippen LogP) is 3.08. The van der Waals surface area contributed by atoms with Crippen LogP contribution >= 0.6 is 0 Å². The summed E-state index contributed by atoms with van der Waals surface area (Å²) < 4.78 is 7.09. The highest BCUT2D eigenvalue weighted by atomic mass is 16.5. The number of ether oxygens (including phenoxy) is 1. The number of rotatable bonds is 3. The molecule has 0 bridgehead atoms. The molecular weight excluding hydrogens is 302 g/mol. The van der Waals surface area contributed by atoms with Crippen molar-refractivity contribution in [2.24, 2.45) is 11.8 Å². The minimum Gasteiger partial charge on any atom is -0.497 e. The minimum absolute atomic E-state index is 0.187. The second-order valence-electron chi connectivity index (χ2n) is 7.16. The van der Waals surface area contributed by atoms with E-state index in [1.54, 1.807) is 11.8 Å². The second-order valence-corrected chi connectivity index (χ2v) is 7.16. The van der Waals surface area contributed by atoms with Gasteiger partial charge in [-0.1, -0.05) is 19.3 Å². The Balaban J connectivity index is 1.48. The summed E-state index contributed by atoms with van der Waals surface area (Å²) >= 11 is 0. The molecule has 1 aromatic heterocycles. The summed E-state index contributed by atoms with van der Waals surface area (Å²) in [5, 5.41) is 5.44. The van der Waals surface area contributed by atoms with Gasteiger partial charge in [-0.15, -0.1) is 0 Å². The van der Waals surface area contributed by atoms with E-state index in [1.165, 1.54) is 32.1 Å². The zero-order valence-electron chi connectivity index (χ0n) is 14.3. The summed E-state index contributed by atoms with van der Waals surface area (Å²) in [5.74, 6) is 2.54. The fourth-order valence-corrected chi connectivity index (χ4v) is 4.36. The summed E-state index contributed by atoms with van der Waals surface area (Å²) in [4.78, 5) is 14.8. The molecule has 24 heavy (non-hydrogen) atoms. The van der Waals surface area contributed by atoms with Crippen molar-refractivity contribution in [2.45, 2.75) is 38.6 Å². The van der Waals surface area contributed by atoms with Gasteiger partial charge < -0.3 is 9.64 Å². The Hall–Kier alpha value is -2.04. The van der Waals surface area contributed by atoms with E-state index in [4.69, 9.17) is 4.74 Å². The highest BCUT2D eigenvalue weighted by Crippen LogP contribution is 2.36. The van der Waals surface area contributed by atoms with Crippen molar-refractivity contribution in [1.82, 2.24) is 14.7 Å². The molecule has 128 valence electrons. The first kappa shape index (κ1) is 15.5. The Morgan fingerprint density at radius 1 is 1.25 bits per heavy atom. The number of hydrogen-bond acceptors (Lipinski definition) is 3. The SMILES string of the molecule is COc1ccc2cnn(CC(=O)N3CC[C@@H]4CCCC[C@@H]4C3)c2c1. The Kier molecular flexibility index (Phi) is 4.17. The Labute approximate surface area is 142 Å². The van der Waals surface area contributed by atoms with Crippen LogP contribution < -0.4 is 4.74 Å². The monoisotopic (exact) mass is 327 g/mol. The summed E-state index contributed by atoms with van der Waals surface area (Å²) in [6.45, 7) is 2.16. The van der Waals surface area contributed by atoms with Crippen LogP contribution in [0.25, 0.3) is 10.9 Å². The Morgan fingerprint density at radius 2 is 2.08 bits per heavy atom. The molecule has 0 unspecified atom stereocenters. The van der Waals surface area contributed by atoms with Gasteiger partial charge in [0.05, 0.1) is 18.8 Å². The van der Waals surface area contributed by atoms with Crippen LogP contribution in [0.5, 0.6) is 5.75 Å². The van der Waals surface area contributed by atoms with E-state index < -0.39 is 0 Å². The molecular formula is C19H25N3O2. The van der Waals surface area contributed by atoms with Crippen LogP contribution in [0.1, 0.15) is 32.1 Å². The van der Waals surface area contributed by atoms with Gasteiger partial charge in [-0.3, -0.25) is 9.48 Å². The molecule has 4 rings (SSSR count). The number of hydrogen-bond donors (Lipinski definition) is 0. The van der Waals surface area contributed by atoms with Crippen LogP contribution in [0, 0.1) is 11.8 Å². The summed E-state index contributed by atoms with van der Waals surface area (Å²) in [6, 6.07) is 5.85. The molecule has 1 aliphatic heterocycles. The molecule has 0 spiro atoms. The lowest BCUT2D eigenvalue weighted by Gasteiger charge is -2.41. The summed E-state index contributed by atoms with van der Waals surface area (Å²) in [5.41, 5.74) is 0.954. The van der Waals surface area contributed by atoms with E-state index in [2.05, 4.69) is 10.00 Å². The van der Waals surface area contributed by atoms with Crippen molar-refractivity contribution in [2.75, 3.05) is 20.2 Å². The van der Waals surface area contributed by atoms with Gasteiger partial charge in [0.25, 0.3) is 0 Å². The van der Waals surface area contributed by atoms with Gasteiger partial charge in [0, 0.05) is 24.5 Å². The van der Waals surface area contributed by atoms with Crippen LogP contribution in [0.15, 0.2) is 24.4 Å². The fraction of sp³-hybridized carbons (Fsp3) is 0.579. The number of piperidine rings is 1. The molecule has 1 saturated carbocycles. The zero-order chi connectivity index (χ0) is 16.5. The van der Waals surface area contributed by atoms with E-state index in [-0.39, 0.29) is 5.91 Å². The minimum atomic E-state index is 0.187. The highest BCUT2D eigenvalue weighted by molar-refractivity contribution is 5.83. The first-order valence-corrected chi connectivity index (χ1v) is 9.02. The molecule has 0 N–H and O–H groups in total. The molecule has 2 fully saturated rings. The van der Waals surface area contributed by atoms with Crippen LogP contribution in [-0.4, -0.2) is 40.8 Å². The number of amides is 1. The lowest BCUT2D eigenvalue weighted by Crippen LogP contribution is -2.45. The quantitative estimate of drug-likeness (QED) is 0.870. The molecule has 2 heterocycles. The Bertz CT molecular complexity index is 739. The molecule has 2 aromatic rings. The molecule has 1 aromatic carbocycles. The molecule has 1 saturated heterocycles. The summed E-state index contributed by atoms with van der Waals surface area (Å²) in [6.07, 6.45) is 8.33. The second kappa shape index (κ2) is 6.46. The highest BCUT2D eigenvalue weighted by Gasteiger charge is 2.32. The smallest absolute Gasteiger partial charge is 0.244 e. The number of fused-ring (bicyclic) bond motifs is 2. The zero-order valence-corrected chi connectivity index (χ0v) is 14.3. The van der Waals surface area contributed by atoms with Gasteiger partial charge in [0.1, 0.15) is 12.3 Å². The Morgan fingerprint density at radius 3 is 2.92 bits per heavy atom. The maximum atomic E-state index is 12.8. The number of benzene rings is 1. The number of nitrogens with zero attached hydrogens (tertiary/aromatic N) is 3. The first-order chi connectivity index (χ1) is 11.7. The van der Waals surface area contributed by atoms with E-state index in [0.29, 0.717) is 12.5 Å². The molecule has 2 aliphatic rings. The lowest BCUT2D eigenvalue weighted by atomic mass is 9.75. The third-order valence-corrected chi connectivity index (χ3v) is 5.78. The largest absolute Gasteiger partial charge is 0.497 e. The van der Waals surface area contributed by atoms with Crippen molar-refractivity contribution in [1.29, 1.82) is 0 Å². The lowest BCUT2D eigenvalue weighted by molar-refractivity contribution is -0.135. The molecule has 1 amide bonds. The average Bonchev–Trinajstić information content (AvgIpc) is 3.03. The standard InChI is InChI=1S/C19H25N3O2/c1-24-17-7-6-15-11-20-22(18(15)10-17)13-19(23)21-9-8-14-4-2-3-5-16(14)12-21/h6-7,10-11,14,16H,2-5,8-9,12-13H2,1H3/t14-,16+/m0/s1. The molecule has 1 aliphatic carbocycles. The van der Waals surface area contributed by atoms with Gasteiger partial charge in [0.2, 0.25) is 5.91 Å². The maximum absolute atomic E-state index is 12.8. The van der Waals surface area contributed by atoms with Crippen molar-refractivity contribution in [3.8, 4) is 5.75 Å². The van der Waals surface area contributed by atoms with E-state index in [1.807, 2.05) is 24.4 Å². The van der Waals surface area contributed by atoms with Crippen LogP contribution in [0.4, 0.5) is 0 Å². The van der Waals surface area contributed by atoms with Crippen LogP contribution in [-0.2, 0) is 11.3 Å². The van der Waals surface area contributed by atoms with Gasteiger partial charge in [0.15, 0.2) is 0 Å². The molecule has 0 radical (unpaired) electrons. The van der Waals surface area contributed by atoms with Crippen molar-refractivity contribution in [3.63, 3.8) is 0 Å². The number of methoxy groups -OCH3 is 1. The molecule has 5 nitrogen and oxygen atoms in total. The maximum Gasteiger partial charge on any atom is 0.244 e. The topological polar surface area (TPSA) is 47.4 Å². The van der Waals surface area contributed by atoms with Crippen molar-refractivity contribution >= 4 is 16.8 Å². The molecule has 2 atom stereocenters. The average molecular weight is 327 g/mol. The normalized spacial score (nSPS) is 24.0. The fourth-order valence-electron chi connectivity index (χ4n) is 4.36. The third-order valence-electron chi connectivity index (χ3n) is 5.78. The number of carbonyl (C=O) groups is 1. The van der Waals surface area contributed by atoms with Crippen LogP contribution in [0.2, 0.25) is 0 Å². The molecule has 5 heteroatoms. The van der Waals surface area contributed by atoms with Gasteiger partial charge >= 0.3 is 0 Å². The third kappa shape index (κ3) is 2.87. The number of carbonyl (C=O) groups excluding carboxylic acids is 1. The number of aromatic nitrogens is 2.